The summed E-state index contributed by atoms with van der Waals surface area (Å²) in [5.74, 6) is -0.175. The monoisotopic (exact) mass is 227 g/mol. The summed E-state index contributed by atoms with van der Waals surface area (Å²) in [6.45, 7) is 3.75. The molecule has 1 nitrogen and oxygen atoms in total. The number of rotatable bonds is 0. The minimum absolute atomic E-state index is 0.175. The molecular formula is C9H7BrFN. The molecule has 1 heterocycles. The van der Waals surface area contributed by atoms with Crippen LogP contribution in [-0.2, 0) is 6.42 Å². The number of nitrogens with one attached hydrogen (secondary N) is 1. The van der Waals surface area contributed by atoms with Gasteiger partial charge in [0.2, 0.25) is 0 Å². The third-order valence-corrected chi connectivity index (χ3v) is 2.32. The number of allylic oxidation sites excluding steroid dienone is 1. The normalized spacial score (nSPS) is 14.3. The van der Waals surface area contributed by atoms with Crippen molar-refractivity contribution in [1.82, 2.24) is 0 Å². The van der Waals surface area contributed by atoms with Crippen LogP contribution in [0.15, 0.2) is 28.9 Å². The van der Waals surface area contributed by atoms with E-state index in [0.29, 0.717) is 12.0 Å². The van der Waals surface area contributed by atoms with Gasteiger partial charge in [0.25, 0.3) is 0 Å². The first kappa shape index (κ1) is 7.80. The lowest BCUT2D eigenvalue weighted by atomic mass is 10.1. The van der Waals surface area contributed by atoms with Crippen LogP contribution in [0.5, 0.6) is 0 Å². The maximum atomic E-state index is 13.2. The number of halogens is 2. The van der Waals surface area contributed by atoms with Crippen molar-refractivity contribution in [2.45, 2.75) is 6.42 Å². The SMILES string of the molecule is C=C1Cc2c(F)cc(Br)cc2N1. The van der Waals surface area contributed by atoms with Gasteiger partial charge in [0.1, 0.15) is 5.82 Å². The molecule has 0 amide bonds. The summed E-state index contributed by atoms with van der Waals surface area (Å²) in [6, 6.07) is 3.33. The van der Waals surface area contributed by atoms with E-state index in [4.69, 9.17) is 0 Å². The molecule has 0 unspecified atom stereocenters. The fourth-order valence-electron chi connectivity index (χ4n) is 1.34. The molecule has 0 aliphatic carbocycles. The van der Waals surface area contributed by atoms with Crippen LogP contribution < -0.4 is 5.32 Å². The summed E-state index contributed by atoms with van der Waals surface area (Å²) in [5.41, 5.74) is 2.39. The second kappa shape index (κ2) is 2.59. The van der Waals surface area contributed by atoms with Gasteiger partial charge in [-0.15, -0.1) is 0 Å². The Hall–Kier alpha value is -0.830. The Labute approximate surface area is 78.4 Å². The van der Waals surface area contributed by atoms with E-state index < -0.39 is 0 Å². The molecule has 3 heteroatoms. The first-order chi connectivity index (χ1) is 5.66. The fourth-order valence-corrected chi connectivity index (χ4v) is 1.77. The molecule has 62 valence electrons. The lowest BCUT2D eigenvalue weighted by molar-refractivity contribution is 0.616. The van der Waals surface area contributed by atoms with Crippen LogP contribution in [-0.4, -0.2) is 0 Å². The second-order valence-electron chi connectivity index (χ2n) is 2.82. The predicted octanol–water partition coefficient (Wildman–Crippen LogP) is 3.07. The number of hydrogen-bond acceptors (Lipinski definition) is 1. The molecule has 1 aliphatic rings. The largest absolute Gasteiger partial charge is 0.359 e. The lowest BCUT2D eigenvalue weighted by Crippen LogP contribution is -1.87. The Balaban J connectivity index is 2.59. The average Bonchev–Trinajstić information content (AvgIpc) is 2.29. The topological polar surface area (TPSA) is 12.0 Å². The molecule has 0 fully saturated rings. The molecule has 2 rings (SSSR count). The van der Waals surface area contributed by atoms with E-state index in [0.717, 1.165) is 15.9 Å². The van der Waals surface area contributed by atoms with Gasteiger partial charge in [-0.2, -0.15) is 0 Å². The van der Waals surface area contributed by atoms with Crippen molar-refractivity contribution < 1.29 is 4.39 Å². The number of hydrogen-bond donors (Lipinski definition) is 1. The molecule has 0 bridgehead atoms. The quantitative estimate of drug-likeness (QED) is 0.719. The van der Waals surface area contributed by atoms with Crippen molar-refractivity contribution in [3.05, 3.63) is 40.3 Å². The summed E-state index contributed by atoms with van der Waals surface area (Å²) in [4.78, 5) is 0. The van der Waals surface area contributed by atoms with Crippen molar-refractivity contribution in [2.75, 3.05) is 5.32 Å². The smallest absolute Gasteiger partial charge is 0.129 e. The van der Waals surface area contributed by atoms with E-state index in [1.807, 2.05) is 6.07 Å². The standard InChI is InChI=1S/C9H7BrFN/c1-5-2-7-8(11)3-6(10)4-9(7)12-5/h3-4,12H,1-2H2. The van der Waals surface area contributed by atoms with Crippen molar-refractivity contribution in [3.63, 3.8) is 0 Å². The fraction of sp³-hybridized carbons (Fsp3) is 0.111. The Bertz CT molecular complexity index is 360. The maximum Gasteiger partial charge on any atom is 0.129 e. The Morgan fingerprint density at radius 3 is 3.00 bits per heavy atom. The Morgan fingerprint density at radius 1 is 1.50 bits per heavy atom. The Kier molecular flexibility index (Phi) is 1.68. The first-order valence-corrected chi connectivity index (χ1v) is 4.39. The van der Waals surface area contributed by atoms with E-state index in [9.17, 15) is 4.39 Å². The molecule has 1 aromatic carbocycles. The molecule has 0 spiro atoms. The van der Waals surface area contributed by atoms with Gasteiger partial charge in [-0.1, -0.05) is 22.5 Å². The van der Waals surface area contributed by atoms with Crippen molar-refractivity contribution in [1.29, 1.82) is 0 Å². The van der Waals surface area contributed by atoms with Gasteiger partial charge < -0.3 is 5.32 Å². The van der Waals surface area contributed by atoms with Crippen molar-refractivity contribution in [2.24, 2.45) is 0 Å². The number of anilines is 1. The van der Waals surface area contributed by atoms with E-state index in [-0.39, 0.29) is 5.82 Å². The van der Waals surface area contributed by atoms with Crippen LogP contribution >= 0.6 is 15.9 Å². The van der Waals surface area contributed by atoms with Crippen LogP contribution in [0.1, 0.15) is 5.56 Å². The van der Waals surface area contributed by atoms with Gasteiger partial charge in [0.05, 0.1) is 0 Å². The van der Waals surface area contributed by atoms with Gasteiger partial charge in [-0.3, -0.25) is 0 Å². The highest BCUT2D eigenvalue weighted by molar-refractivity contribution is 9.10. The molecule has 1 N–H and O–H groups in total. The molecule has 12 heavy (non-hydrogen) atoms. The van der Waals surface area contributed by atoms with Crippen molar-refractivity contribution >= 4 is 21.6 Å². The van der Waals surface area contributed by atoms with Crippen LogP contribution in [0, 0.1) is 5.82 Å². The minimum atomic E-state index is -0.175. The first-order valence-electron chi connectivity index (χ1n) is 3.59. The third-order valence-electron chi connectivity index (χ3n) is 1.86. The highest BCUT2D eigenvalue weighted by atomic mass is 79.9. The second-order valence-corrected chi connectivity index (χ2v) is 3.73. The average molecular weight is 228 g/mol. The zero-order valence-corrected chi connectivity index (χ0v) is 7.91. The molecule has 0 radical (unpaired) electrons. The van der Waals surface area contributed by atoms with E-state index in [1.54, 1.807) is 0 Å². The molecule has 1 aliphatic heterocycles. The van der Waals surface area contributed by atoms with Crippen molar-refractivity contribution in [3.8, 4) is 0 Å². The highest BCUT2D eigenvalue weighted by Gasteiger charge is 2.17. The van der Waals surface area contributed by atoms with Gasteiger partial charge in [-0.05, 0) is 12.1 Å². The third kappa shape index (κ3) is 1.14. The highest BCUT2D eigenvalue weighted by Crippen LogP contribution is 2.32. The van der Waals surface area contributed by atoms with E-state index in [1.165, 1.54) is 6.07 Å². The maximum absolute atomic E-state index is 13.2. The van der Waals surface area contributed by atoms with Crippen LogP contribution in [0.2, 0.25) is 0 Å². The number of fused-ring (bicyclic) bond motifs is 1. The molecule has 0 atom stereocenters. The van der Waals surface area contributed by atoms with Gasteiger partial charge >= 0.3 is 0 Å². The zero-order valence-electron chi connectivity index (χ0n) is 6.32. The van der Waals surface area contributed by atoms with Crippen LogP contribution in [0.25, 0.3) is 0 Å². The van der Waals surface area contributed by atoms with Gasteiger partial charge in [0.15, 0.2) is 0 Å². The summed E-state index contributed by atoms with van der Waals surface area (Å²) >= 11 is 3.23. The number of benzene rings is 1. The molecule has 0 saturated carbocycles. The van der Waals surface area contributed by atoms with E-state index >= 15 is 0 Å². The molecule has 1 aromatic rings. The van der Waals surface area contributed by atoms with E-state index in [2.05, 4.69) is 27.8 Å². The molecular weight excluding hydrogens is 221 g/mol. The van der Waals surface area contributed by atoms with Crippen LogP contribution in [0.3, 0.4) is 0 Å². The summed E-state index contributed by atoms with van der Waals surface area (Å²) in [7, 11) is 0. The summed E-state index contributed by atoms with van der Waals surface area (Å²) in [6.07, 6.45) is 0.592. The minimum Gasteiger partial charge on any atom is -0.359 e. The molecule has 0 aromatic heterocycles. The zero-order chi connectivity index (χ0) is 8.72. The summed E-state index contributed by atoms with van der Waals surface area (Å²) in [5, 5.41) is 3.01. The summed E-state index contributed by atoms with van der Waals surface area (Å²) < 4.78 is 14.0. The Morgan fingerprint density at radius 2 is 2.25 bits per heavy atom. The van der Waals surface area contributed by atoms with Gasteiger partial charge in [0, 0.05) is 27.8 Å². The molecule has 0 saturated heterocycles. The predicted molar refractivity (Wildman–Crippen MR) is 50.6 cm³/mol. The van der Waals surface area contributed by atoms with Gasteiger partial charge in [-0.25, -0.2) is 4.39 Å². The van der Waals surface area contributed by atoms with Crippen LogP contribution in [0.4, 0.5) is 10.1 Å². The lowest BCUT2D eigenvalue weighted by Gasteiger charge is -2.00.